The molecule has 0 saturated carbocycles. The van der Waals surface area contributed by atoms with Gasteiger partial charge in [0.1, 0.15) is 0 Å². The standard InChI is InChI=1S/C13H21NO4.C2HF3O2/c1-4-12(2,3)9(15)10(16)13(11(17)18)7-5-6-8-14-13;3-2(4,5)1(6)7/h14H,4-8H2,1-3H3,(H,17,18);(H,6,7)/t13-;/m0./s1. The Hall–Kier alpha value is -1.97. The fourth-order valence-corrected chi connectivity index (χ4v) is 2.04. The lowest BCUT2D eigenvalue weighted by Gasteiger charge is -2.34. The second-order valence-corrected chi connectivity index (χ2v) is 6.29. The summed E-state index contributed by atoms with van der Waals surface area (Å²) in [5, 5.41) is 19.2. The molecule has 0 aromatic carbocycles. The highest BCUT2D eigenvalue weighted by molar-refractivity contribution is 6.46. The maximum absolute atomic E-state index is 12.3. The van der Waals surface area contributed by atoms with Crippen LogP contribution in [0, 0.1) is 5.41 Å². The van der Waals surface area contributed by atoms with Gasteiger partial charge in [0, 0.05) is 5.41 Å². The summed E-state index contributed by atoms with van der Waals surface area (Å²) in [6.07, 6.45) is -2.92. The minimum absolute atomic E-state index is 0.187. The van der Waals surface area contributed by atoms with Crippen molar-refractivity contribution in [3.05, 3.63) is 0 Å². The van der Waals surface area contributed by atoms with Crippen LogP contribution >= 0.6 is 0 Å². The van der Waals surface area contributed by atoms with E-state index in [9.17, 15) is 32.7 Å². The van der Waals surface area contributed by atoms with Crippen molar-refractivity contribution in [1.82, 2.24) is 5.32 Å². The van der Waals surface area contributed by atoms with Gasteiger partial charge in [-0.25, -0.2) is 9.59 Å². The maximum Gasteiger partial charge on any atom is 0.490 e. The third-order valence-corrected chi connectivity index (χ3v) is 4.11. The van der Waals surface area contributed by atoms with Crippen molar-refractivity contribution in [2.75, 3.05) is 6.54 Å². The number of carbonyl (C=O) groups excluding carboxylic acids is 2. The third kappa shape index (κ3) is 5.80. The summed E-state index contributed by atoms with van der Waals surface area (Å²) < 4.78 is 31.7. The molecule has 1 aliphatic heterocycles. The van der Waals surface area contributed by atoms with Crippen LogP contribution in [0.3, 0.4) is 0 Å². The van der Waals surface area contributed by atoms with Crippen LogP contribution in [0.25, 0.3) is 0 Å². The van der Waals surface area contributed by atoms with E-state index in [1.807, 2.05) is 6.92 Å². The average molecular weight is 369 g/mol. The molecule has 1 heterocycles. The predicted octanol–water partition coefficient (Wildman–Crippen LogP) is 1.79. The van der Waals surface area contributed by atoms with E-state index < -0.39 is 40.6 Å². The Labute approximate surface area is 142 Å². The molecule has 0 aliphatic carbocycles. The van der Waals surface area contributed by atoms with Crippen LogP contribution in [-0.4, -0.2) is 52.0 Å². The number of carboxylic acids is 2. The first-order valence-electron chi connectivity index (χ1n) is 7.60. The smallest absolute Gasteiger partial charge is 0.480 e. The summed E-state index contributed by atoms with van der Waals surface area (Å²) >= 11 is 0. The lowest BCUT2D eigenvalue weighted by atomic mass is 9.75. The van der Waals surface area contributed by atoms with Crippen molar-refractivity contribution in [1.29, 1.82) is 0 Å². The molecule has 0 radical (unpaired) electrons. The van der Waals surface area contributed by atoms with Crippen molar-refractivity contribution in [2.24, 2.45) is 5.41 Å². The Balaban J connectivity index is 0.000000697. The molecular weight excluding hydrogens is 347 g/mol. The van der Waals surface area contributed by atoms with E-state index in [0.717, 1.165) is 6.42 Å². The number of ketones is 2. The van der Waals surface area contributed by atoms with Gasteiger partial charge in [0.2, 0.25) is 11.6 Å². The second-order valence-electron chi connectivity index (χ2n) is 6.29. The summed E-state index contributed by atoms with van der Waals surface area (Å²) in [6.45, 7) is 5.61. The minimum atomic E-state index is -5.08. The van der Waals surface area contributed by atoms with Crippen LogP contribution in [0.15, 0.2) is 0 Å². The SMILES string of the molecule is CCC(C)(C)C(=O)C(=O)[C@]1(C(=O)O)CCCCN1.O=C(O)C(F)(F)F. The number of halogens is 3. The van der Waals surface area contributed by atoms with Crippen LogP contribution < -0.4 is 5.32 Å². The first-order valence-corrected chi connectivity index (χ1v) is 7.60. The fourth-order valence-electron chi connectivity index (χ4n) is 2.04. The number of piperidine rings is 1. The Morgan fingerprint density at radius 1 is 1.08 bits per heavy atom. The Morgan fingerprint density at radius 3 is 1.84 bits per heavy atom. The number of hydrogen-bond acceptors (Lipinski definition) is 5. The Bertz CT molecular complexity index is 536. The lowest BCUT2D eigenvalue weighted by molar-refractivity contribution is -0.192. The number of carboxylic acid groups (broad SMARTS) is 2. The van der Waals surface area contributed by atoms with E-state index in [4.69, 9.17) is 9.90 Å². The topological polar surface area (TPSA) is 121 Å². The molecule has 1 fully saturated rings. The zero-order valence-corrected chi connectivity index (χ0v) is 14.2. The number of nitrogens with one attached hydrogen (secondary N) is 1. The van der Waals surface area contributed by atoms with Crippen molar-refractivity contribution >= 4 is 23.5 Å². The number of carbonyl (C=O) groups is 4. The molecule has 0 unspecified atom stereocenters. The van der Waals surface area contributed by atoms with Gasteiger partial charge in [-0.3, -0.25) is 14.9 Å². The zero-order valence-electron chi connectivity index (χ0n) is 14.2. The van der Waals surface area contributed by atoms with Crippen molar-refractivity contribution in [2.45, 2.75) is 58.2 Å². The largest absolute Gasteiger partial charge is 0.490 e. The molecule has 25 heavy (non-hydrogen) atoms. The van der Waals surface area contributed by atoms with Crippen LogP contribution in [0.5, 0.6) is 0 Å². The van der Waals surface area contributed by atoms with Crippen LogP contribution in [0.4, 0.5) is 13.2 Å². The minimum Gasteiger partial charge on any atom is -0.480 e. The summed E-state index contributed by atoms with van der Waals surface area (Å²) in [4.78, 5) is 44.7. The van der Waals surface area contributed by atoms with Crippen LogP contribution in [-0.2, 0) is 19.2 Å². The van der Waals surface area contributed by atoms with Crippen LogP contribution in [0.1, 0.15) is 46.5 Å². The molecule has 1 atom stereocenters. The summed E-state index contributed by atoms with van der Waals surface area (Å²) in [7, 11) is 0. The molecule has 0 aromatic heterocycles. The maximum atomic E-state index is 12.3. The number of alkyl halides is 3. The normalized spacial score (nSPS) is 20.9. The van der Waals surface area contributed by atoms with E-state index in [1.54, 1.807) is 13.8 Å². The van der Waals surface area contributed by atoms with Gasteiger partial charge in [-0.1, -0.05) is 20.8 Å². The number of Topliss-reactive ketones (excluding diaryl/α,β-unsaturated/α-hetero) is 2. The van der Waals surface area contributed by atoms with E-state index in [1.165, 1.54) is 0 Å². The zero-order chi connectivity index (χ0) is 20.1. The first kappa shape index (κ1) is 23.0. The molecular formula is C15H22F3NO6. The highest BCUT2D eigenvalue weighted by Gasteiger charge is 2.51. The van der Waals surface area contributed by atoms with Gasteiger partial charge in [0.25, 0.3) is 0 Å². The molecule has 144 valence electrons. The van der Waals surface area contributed by atoms with Crippen molar-refractivity contribution < 1.29 is 42.6 Å². The average Bonchev–Trinajstić information content (AvgIpc) is 2.53. The van der Waals surface area contributed by atoms with Gasteiger partial charge in [0.05, 0.1) is 0 Å². The second kappa shape index (κ2) is 8.41. The summed E-state index contributed by atoms with van der Waals surface area (Å²) in [6, 6.07) is 0. The Kier molecular flexibility index (Phi) is 7.75. The van der Waals surface area contributed by atoms with E-state index >= 15 is 0 Å². The number of aliphatic carboxylic acids is 2. The molecule has 0 bridgehead atoms. The quantitative estimate of drug-likeness (QED) is 0.499. The van der Waals surface area contributed by atoms with E-state index in [0.29, 0.717) is 19.4 Å². The summed E-state index contributed by atoms with van der Waals surface area (Å²) in [5.74, 6) is -5.40. The van der Waals surface area contributed by atoms with Gasteiger partial charge in [-0.15, -0.1) is 0 Å². The fraction of sp³-hybridized carbons (Fsp3) is 0.733. The van der Waals surface area contributed by atoms with Crippen molar-refractivity contribution in [3.63, 3.8) is 0 Å². The van der Waals surface area contributed by atoms with Crippen molar-refractivity contribution in [3.8, 4) is 0 Å². The molecule has 10 heteroatoms. The van der Waals surface area contributed by atoms with E-state index in [-0.39, 0.29) is 6.42 Å². The molecule has 1 aliphatic rings. The van der Waals surface area contributed by atoms with Gasteiger partial charge >= 0.3 is 18.1 Å². The number of rotatable bonds is 5. The molecule has 0 amide bonds. The Morgan fingerprint density at radius 2 is 1.56 bits per heavy atom. The third-order valence-electron chi connectivity index (χ3n) is 4.11. The highest BCUT2D eigenvalue weighted by Crippen LogP contribution is 2.28. The molecule has 1 rings (SSSR count). The van der Waals surface area contributed by atoms with Crippen LogP contribution in [0.2, 0.25) is 0 Å². The predicted molar refractivity (Wildman–Crippen MR) is 80.0 cm³/mol. The number of hydrogen-bond donors (Lipinski definition) is 3. The lowest BCUT2D eigenvalue weighted by Crippen LogP contribution is -2.63. The molecule has 1 saturated heterocycles. The highest BCUT2D eigenvalue weighted by atomic mass is 19.4. The molecule has 3 N–H and O–H groups in total. The first-order chi connectivity index (χ1) is 11.2. The summed E-state index contributed by atoms with van der Waals surface area (Å²) in [5.41, 5.74) is -2.51. The van der Waals surface area contributed by atoms with Gasteiger partial charge < -0.3 is 10.2 Å². The van der Waals surface area contributed by atoms with E-state index in [2.05, 4.69) is 5.32 Å². The molecule has 0 spiro atoms. The molecule has 0 aromatic rings. The monoisotopic (exact) mass is 369 g/mol. The van der Waals surface area contributed by atoms with Gasteiger partial charge in [-0.05, 0) is 32.2 Å². The van der Waals surface area contributed by atoms with Gasteiger partial charge in [0.15, 0.2) is 5.54 Å². The van der Waals surface area contributed by atoms with Gasteiger partial charge in [-0.2, -0.15) is 13.2 Å². The molecule has 7 nitrogen and oxygen atoms in total.